The summed E-state index contributed by atoms with van der Waals surface area (Å²) in [6.45, 7) is 14.8. The maximum Gasteiger partial charge on any atom is 0.343 e. The summed E-state index contributed by atoms with van der Waals surface area (Å²) in [4.78, 5) is 44.5. The third-order valence-corrected chi connectivity index (χ3v) is 15.5. The van der Waals surface area contributed by atoms with E-state index >= 15 is 4.79 Å². The first kappa shape index (κ1) is 53.2. The first-order valence-electron chi connectivity index (χ1n) is 24.8. The normalized spacial score (nSPS) is 31.8. The molecule has 17 nitrogen and oxygen atoms in total. The van der Waals surface area contributed by atoms with Crippen molar-refractivity contribution in [3.8, 4) is 29.1 Å². The second kappa shape index (κ2) is 20.0. The van der Waals surface area contributed by atoms with E-state index in [9.17, 15) is 45.8 Å². The monoisotopic (exact) mass is 1010 g/mol. The van der Waals surface area contributed by atoms with Crippen molar-refractivity contribution in [2.45, 2.75) is 135 Å². The summed E-state index contributed by atoms with van der Waals surface area (Å²) in [5.74, 6) is -5.31. The molecule has 73 heavy (non-hydrogen) atoms. The fourth-order valence-electron chi connectivity index (χ4n) is 11.7. The average Bonchev–Trinajstić information content (AvgIpc) is 3.35. The number of Topliss-reactive ketones (excluding diaryl/α,β-unsaturated/α-hetero) is 1. The van der Waals surface area contributed by atoms with Crippen LogP contribution in [0.15, 0.2) is 70.9 Å². The molecule has 4 heterocycles. The molecule has 7 aliphatic rings. The van der Waals surface area contributed by atoms with Crippen LogP contribution < -0.4 is 18.9 Å². The lowest BCUT2D eigenvalue weighted by atomic mass is 9.42. The van der Waals surface area contributed by atoms with Gasteiger partial charge in [0.2, 0.25) is 6.29 Å². The molecule has 0 radical (unpaired) electrons. The van der Waals surface area contributed by atoms with Crippen molar-refractivity contribution in [3.63, 3.8) is 0 Å². The number of carbonyl (C=O) groups excluding carboxylic acids is 3. The van der Waals surface area contributed by atoms with E-state index < -0.39 is 95.5 Å². The summed E-state index contributed by atoms with van der Waals surface area (Å²) in [6.07, 6.45) is 3.12. The largest absolute Gasteiger partial charge is 0.482 e. The fraction of sp³-hybridized carbons (Fsp3) is 0.518. The number of allylic oxidation sites excluding steroid dienone is 4. The van der Waals surface area contributed by atoms with E-state index in [0.29, 0.717) is 41.0 Å². The van der Waals surface area contributed by atoms with Gasteiger partial charge < -0.3 is 58.9 Å². The molecule has 1 saturated heterocycles. The van der Waals surface area contributed by atoms with E-state index in [-0.39, 0.29) is 65.0 Å². The van der Waals surface area contributed by atoms with Gasteiger partial charge >= 0.3 is 11.9 Å². The number of rotatable bonds is 14. The second-order valence-corrected chi connectivity index (χ2v) is 21.2. The zero-order chi connectivity index (χ0) is 53.2. The van der Waals surface area contributed by atoms with Gasteiger partial charge in [0.1, 0.15) is 59.0 Å². The Kier molecular flexibility index (Phi) is 14.5. The Hall–Kier alpha value is -6.13. The molecule has 2 bridgehead atoms. The molecule has 0 aromatic heterocycles. The molecule has 6 N–H and O–H groups in total. The topological polar surface area (TPSA) is 259 Å². The molecular formula is C56H67N3O14. The van der Waals surface area contributed by atoms with Crippen LogP contribution in [0.2, 0.25) is 0 Å². The number of amidine groups is 1. The summed E-state index contributed by atoms with van der Waals surface area (Å²) in [7, 11) is 2.89. The van der Waals surface area contributed by atoms with Crippen molar-refractivity contribution < 1.29 is 68.3 Å². The van der Waals surface area contributed by atoms with Crippen LogP contribution >= 0.6 is 0 Å². The van der Waals surface area contributed by atoms with Gasteiger partial charge in [-0.3, -0.25) is 10.2 Å². The van der Waals surface area contributed by atoms with Crippen molar-refractivity contribution >= 4 is 35.3 Å². The Labute approximate surface area is 425 Å². The summed E-state index contributed by atoms with van der Waals surface area (Å²) < 4.78 is 37.7. The van der Waals surface area contributed by atoms with Crippen LogP contribution in [-0.4, -0.2) is 122 Å². The van der Waals surface area contributed by atoms with Crippen molar-refractivity contribution in [1.82, 2.24) is 4.90 Å². The summed E-state index contributed by atoms with van der Waals surface area (Å²) in [5.41, 5.74) is -0.827. The minimum Gasteiger partial charge on any atom is -0.482 e. The van der Waals surface area contributed by atoms with Gasteiger partial charge in [0.05, 0.1) is 42.2 Å². The number of ether oxygens (including phenoxy) is 6. The molecule has 1 spiro atoms. The molecule has 3 aliphatic carbocycles. The SMILES string of the molecule is COC(=O)C(C)=CCC1(O)C(=O)C2CC(C(C)C)C13Oc1c(CC=C(C)C)c4c(c(OC(=O)c5ccc(O[C@@H]6O[C@H](CO)[C@@H](O)[C@H](O)[C@H]6O)cc5)c1C1=C3C2C(C#N)C(=N)N1C)C=CC(C)(CCC=C(C)C)O4. The lowest BCUT2D eigenvalue weighted by Crippen LogP contribution is -2.79. The Bertz CT molecular complexity index is 2790. The summed E-state index contributed by atoms with van der Waals surface area (Å²) in [5, 5.41) is 75.0. The maximum absolute atomic E-state index is 15.3. The number of benzene rings is 2. The van der Waals surface area contributed by atoms with E-state index in [1.165, 1.54) is 44.4 Å². The number of aliphatic hydroxyl groups is 5. The van der Waals surface area contributed by atoms with Crippen molar-refractivity contribution in [1.29, 1.82) is 10.7 Å². The van der Waals surface area contributed by atoms with Gasteiger partial charge in [0, 0.05) is 47.9 Å². The minimum absolute atomic E-state index is 0.00481. The highest BCUT2D eigenvalue weighted by molar-refractivity contribution is 6.06. The maximum atomic E-state index is 15.3. The molecule has 0 amide bonds. The molecule has 3 saturated carbocycles. The summed E-state index contributed by atoms with van der Waals surface area (Å²) >= 11 is 0. The van der Waals surface area contributed by atoms with Gasteiger partial charge in [-0.2, -0.15) is 5.26 Å². The van der Waals surface area contributed by atoms with Crippen LogP contribution in [0.3, 0.4) is 0 Å². The standard InChI is InChI=1S/C56H67N3O14/c1-27(2)12-11-21-54(8)22-20-34-46(72-54)33(18-13-28(3)4)48-40(47(34)71-52(66)31-14-16-32(17-15-31)69-53-45(63)44(62)43(61)38(26-60)70-53)42-41-39(36(25-57)50(58)59(42)9)35-24-37(29(5)6)56(41,73-48)55(67,49(35)64)23-19-30(7)51(65)68-10/h12-17,19-20,22,29,35-39,43-45,53,58,60-63,67H,11,18,21,23-24,26H2,1-10H3/t35?,36?,37?,38-,39?,43-,44+,45-,53-,54?,55?,56?/m1/s1. The van der Waals surface area contributed by atoms with Crippen LogP contribution in [0.5, 0.6) is 23.0 Å². The quantitative estimate of drug-likeness (QED) is 0.0538. The number of ketones is 1. The molecule has 7 unspecified atom stereocenters. The van der Waals surface area contributed by atoms with E-state index in [0.717, 1.165) is 11.1 Å². The lowest BCUT2D eigenvalue weighted by molar-refractivity contribution is -0.277. The number of nitrogens with zero attached hydrogens (tertiary/aromatic N) is 2. The summed E-state index contributed by atoms with van der Waals surface area (Å²) in [6, 6.07) is 8.01. The van der Waals surface area contributed by atoms with Gasteiger partial charge in [-0.15, -0.1) is 0 Å². The van der Waals surface area contributed by atoms with Crippen molar-refractivity contribution in [3.05, 3.63) is 93.1 Å². The molecule has 12 atom stereocenters. The average molecular weight is 1010 g/mol. The van der Waals surface area contributed by atoms with Crippen LogP contribution in [0, 0.1) is 46.3 Å². The number of nitrogens with one attached hydrogen (secondary N) is 1. The molecule has 4 fully saturated rings. The van der Waals surface area contributed by atoms with E-state index in [1.807, 2.05) is 66.7 Å². The Morgan fingerprint density at radius 1 is 1.00 bits per heavy atom. The molecule has 2 aromatic rings. The molecular weight excluding hydrogens is 939 g/mol. The van der Waals surface area contributed by atoms with Crippen molar-refractivity contribution in [2.75, 3.05) is 20.8 Å². The fourth-order valence-corrected chi connectivity index (χ4v) is 11.7. The van der Waals surface area contributed by atoms with Gasteiger partial charge in [0.25, 0.3) is 0 Å². The molecule has 9 rings (SSSR count). The van der Waals surface area contributed by atoms with Crippen LogP contribution in [0.25, 0.3) is 11.8 Å². The smallest absolute Gasteiger partial charge is 0.343 e. The van der Waals surface area contributed by atoms with E-state index in [2.05, 4.69) is 12.1 Å². The number of esters is 2. The zero-order valence-electron chi connectivity index (χ0n) is 43.0. The predicted molar refractivity (Wildman–Crippen MR) is 267 cm³/mol. The number of fused-ring (bicyclic) bond motifs is 5. The van der Waals surface area contributed by atoms with E-state index in [1.54, 1.807) is 11.9 Å². The third kappa shape index (κ3) is 8.79. The minimum atomic E-state index is -2.32. The zero-order valence-corrected chi connectivity index (χ0v) is 43.0. The van der Waals surface area contributed by atoms with Crippen molar-refractivity contribution in [2.24, 2.45) is 29.6 Å². The highest BCUT2D eigenvalue weighted by atomic mass is 16.7. The molecule has 17 heteroatoms. The highest BCUT2D eigenvalue weighted by Gasteiger charge is 2.77. The number of hydrogen-bond acceptors (Lipinski definition) is 16. The molecule has 4 aliphatic heterocycles. The highest BCUT2D eigenvalue weighted by Crippen LogP contribution is 2.70. The molecule has 390 valence electrons. The lowest BCUT2D eigenvalue weighted by Gasteiger charge is -2.67. The number of carbonyl (C=O) groups is 3. The van der Waals surface area contributed by atoms with Gasteiger partial charge in [-0.1, -0.05) is 43.2 Å². The number of nitriles is 1. The Morgan fingerprint density at radius 3 is 2.30 bits per heavy atom. The number of aliphatic hydroxyl groups excluding tert-OH is 4. The van der Waals surface area contributed by atoms with E-state index in [4.69, 9.17) is 28.4 Å². The Morgan fingerprint density at radius 2 is 1.68 bits per heavy atom. The number of methoxy groups -OCH3 is 1. The van der Waals surface area contributed by atoms with Crippen LogP contribution in [-0.2, 0) is 25.5 Å². The Balaban J connectivity index is 1.37. The van der Waals surface area contributed by atoms with Crippen LogP contribution in [0.1, 0.15) is 108 Å². The predicted octanol–water partition coefficient (Wildman–Crippen LogP) is 6.14. The first-order valence-corrected chi connectivity index (χ1v) is 24.8. The molecule has 2 aromatic carbocycles. The second-order valence-electron chi connectivity index (χ2n) is 21.2. The van der Waals surface area contributed by atoms with Gasteiger partial charge in [-0.05, 0) is 110 Å². The van der Waals surface area contributed by atoms with Gasteiger partial charge in [-0.25, -0.2) is 9.59 Å². The first-order chi connectivity index (χ1) is 34.5. The van der Waals surface area contributed by atoms with Crippen LogP contribution in [0.4, 0.5) is 0 Å². The van der Waals surface area contributed by atoms with Gasteiger partial charge in [0.15, 0.2) is 22.7 Å². The number of hydrogen-bond donors (Lipinski definition) is 6. The third-order valence-electron chi connectivity index (χ3n) is 15.5.